The van der Waals surface area contributed by atoms with Crippen molar-refractivity contribution < 1.29 is 0 Å². The molecule has 0 aromatic heterocycles. The Morgan fingerprint density at radius 1 is 1.44 bits per heavy atom. The van der Waals surface area contributed by atoms with Gasteiger partial charge in [0.2, 0.25) is 0 Å². The highest BCUT2D eigenvalue weighted by molar-refractivity contribution is 8.06. The van der Waals surface area contributed by atoms with E-state index < -0.39 is 0 Å². The first kappa shape index (κ1) is 8.57. The highest BCUT2D eigenvalue weighted by atomic mass is 32.2. The van der Waals surface area contributed by atoms with Crippen LogP contribution in [0, 0.1) is 0 Å². The van der Waals surface area contributed by atoms with Gasteiger partial charge in [0.1, 0.15) is 0 Å². The van der Waals surface area contributed by atoms with Gasteiger partial charge in [-0.25, -0.2) is 0 Å². The maximum Gasteiger partial charge on any atom is 0.00671 e. The van der Waals surface area contributed by atoms with E-state index in [1.54, 1.807) is 11.8 Å². The van der Waals surface area contributed by atoms with Crippen molar-refractivity contribution in [1.29, 1.82) is 0 Å². The van der Waals surface area contributed by atoms with Crippen molar-refractivity contribution in [1.82, 2.24) is 0 Å². The molecule has 0 aliphatic heterocycles. The van der Waals surface area contributed by atoms with Gasteiger partial charge in [-0.2, -0.15) is 0 Å². The summed E-state index contributed by atoms with van der Waals surface area (Å²) < 4.78 is 0. The standard InChI is InChI=1S/C8H12S/c1-5-6-9-8(4)7(2)3/h5-6H,2,4H2,1,3H3/b6-5-. The molecule has 0 aromatic carbocycles. The van der Waals surface area contributed by atoms with Gasteiger partial charge in [0.25, 0.3) is 0 Å². The zero-order valence-corrected chi connectivity index (χ0v) is 6.79. The van der Waals surface area contributed by atoms with Gasteiger partial charge in [-0.15, -0.1) is 0 Å². The number of thioether (sulfide) groups is 1. The number of hydrogen-bond acceptors (Lipinski definition) is 1. The third-order valence-corrected chi connectivity index (χ3v) is 1.86. The van der Waals surface area contributed by atoms with Crippen LogP contribution in [0.1, 0.15) is 13.8 Å². The van der Waals surface area contributed by atoms with E-state index in [9.17, 15) is 0 Å². The molecular formula is C8H12S. The monoisotopic (exact) mass is 140 g/mol. The number of hydrogen-bond donors (Lipinski definition) is 0. The third kappa shape index (κ3) is 4.10. The quantitative estimate of drug-likeness (QED) is 0.542. The van der Waals surface area contributed by atoms with Gasteiger partial charge in [0.05, 0.1) is 0 Å². The Kier molecular flexibility index (Phi) is 4.24. The second-order valence-corrected chi connectivity index (χ2v) is 2.79. The molecule has 0 N–H and O–H groups in total. The van der Waals surface area contributed by atoms with Gasteiger partial charge in [-0.3, -0.25) is 0 Å². The van der Waals surface area contributed by atoms with Crippen LogP contribution in [0.2, 0.25) is 0 Å². The van der Waals surface area contributed by atoms with Crippen molar-refractivity contribution in [3.63, 3.8) is 0 Å². The lowest BCUT2D eigenvalue weighted by atomic mass is 10.3. The molecule has 0 aliphatic carbocycles. The van der Waals surface area contributed by atoms with Crippen LogP contribution in [0.15, 0.2) is 35.1 Å². The summed E-state index contributed by atoms with van der Waals surface area (Å²) >= 11 is 1.61. The Bertz CT molecular complexity index is 143. The molecule has 0 spiro atoms. The van der Waals surface area contributed by atoms with Crippen molar-refractivity contribution in [2.75, 3.05) is 0 Å². The van der Waals surface area contributed by atoms with Gasteiger partial charge < -0.3 is 0 Å². The van der Waals surface area contributed by atoms with Crippen LogP contribution in [0.25, 0.3) is 0 Å². The average Bonchev–Trinajstić information content (AvgIpc) is 1.82. The van der Waals surface area contributed by atoms with Crippen molar-refractivity contribution >= 4 is 11.8 Å². The maximum absolute atomic E-state index is 3.80. The van der Waals surface area contributed by atoms with E-state index in [4.69, 9.17) is 0 Å². The highest BCUT2D eigenvalue weighted by Crippen LogP contribution is 2.20. The van der Waals surface area contributed by atoms with Gasteiger partial charge >= 0.3 is 0 Å². The molecule has 50 valence electrons. The fourth-order valence-corrected chi connectivity index (χ4v) is 0.752. The Morgan fingerprint density at radius 2 is 2.00 bits per heavy atom. The number of rotatable bonds is 3. The minimum Gasteiger partial charge on any atom is -0.0988 e. The van der Waals surface area contributed by atoms with Crippen LogP contribution in [0.4, 0.5) is 0 Å². The molecule has 9 heavy (non-hydrogen) atoms. The van der Waals surface area contributed by atoms with E-state index in [-0.39, 0.29) is 0 Å². The highest BCUT2D eigenvalue weighted by Gasteiger charge is 1.88. The Hall–Kier alpha value is -0.430. The van der Waals surface area contributed by atoms with Crippen LogP contribution in [0.5, 0.6) is 0 Å². The third-order valence-electron chi connectivity index (χ3n) is 0.822. The molecule has 0 heterocycles. The van der Waals surface area contributed by atoms with E-state index in [0.29, 0.717) is 0 Å². The van der Waals surface area contributed by atoms with E-state index in [2.05, 4.69) is 13.2 Å². The van der Waals surface area contributed by atoms with Crippen LogP contribution in [-0.4, -0.2) is 0 Å². The summed E-state index contributed by atoms with van der Waals surface area (Å²) in [6, 6.07) is 0. The Balaban J connectivity index is 3.65. The lowest BCUT2D eigenvalue weighted by molar-refractivity contribution is 1.55. The van der Waals surface area contributed by atoms with Crippen LogP contribution >= 0.6 is 11.8 Å². The molecule has 0 unspecified atom stereocenters. The first-order valence-corrected chi connectivity index (χ1v) is 3.69. The molecule has 0 rings (SSSR count). The Labute approximate surface area is 61.3 Å². The van der Waals surface area contributed by atoms with Crippen molar-refractivity contribution in [3.8, 4) is 0 Å². The molecule has 0 atom stereocenters. The largest absolute Gasteiger partial charge is 0.0988 e. The van der Waals surface area contributed by atoms with Crippen LogP contribution in [0.3, 0.4) is 0 Å². The summed E-state index contributed by atoms with van der Waals surface area (Å²) in [6.45, 7) is 11.5. The minimum atomic E-state index is 1.04. The van der Waals surface area contributed by atoms with Gasteiger partial charge in [0.15, 0.2) is 0 Å². The SMILES string of the molecule is C=C(C)C(=C)S/C=C\C. The average molecular weight is 140 g/mol. The first-order valence-electron chi connectivity index (χ1n) is 2.81. The van der Waals surface area contributed by atoms with Crippen molar-refractivity contribution in [2.24, 2.45) is 0 Å². The zero-order chi connectivity index (χ0) is 7.28. The van der Waals surface area contributed by atoms with E-state index in [1.807, 2.05) is 25.3 Å². The van der Waals surface area contributed by atoms with Gasteiger partial charge in [-0.05, 0) is 24.8 Å². The van der Waals surface area contributed by atoms with E-state index >= 15 is 0 Å². The fraction of sp³-hybridized carbons (Fsp3) is 0.250. The van der Waals surface area contributed by atoms with Gasteiger partial charge in [0, 0.05) is 4.91 Å². The normalized spacial score (nSPS) is 10.0. The smallest absolute Gasteiger partial charge is 0.00671 e. The summed E-state index contributed by atoms with van der Waals surface area (Å²) in [6.07, 6.45) is 1.98. The summed E-state index contributed by atoms with van der Waals surface area (Å²) in [4.78, 5) is 1.04. The zero-order valence-electron chi connectivity index (χ0n) is 5.98. The molecule has 0 bridgehead atoms. The summed E-state index contributed by atoms with van der Waals surface area (Å²) in [5.41, 5.74) is 1.04. The minimum absolute atomic E-state index is 1.04. The number of allylic oxidation sites excluding steroid dienone is 2. The molecule has 0 aromatic rings. The predicted molar refractivity (Wildman–Crippen MR) is 46.4 cm³/mol. The van der Waals surface area contributed by atoms with Crippen LogP contribution in [-0.2, 0) is 0 Å². The fourth-order valence-electron chi connectivity index (χ4n) is 0.251. The van der Waals surface area contributed by atoms with E-state index in [1.165, 1.54) is 0 Å². The molecule has 0 saturated heterocycles. The molecule has 0 amide bonds. The second-order valence-electron chi connectivity index (χ2n) is 1.79. The summed E-state index contributed by atoms with van der Waals surface area (Å²) in [5.74, 6) is 0. The molecule has 0 aliphatic rings. The van der Waals surface area contributed by atoms with Crippen LogP contribution < -0.4 is 0 Å². The molecular weight excluding hydrogens is 128 g/mol. The van der Waals surface area contributed by atoms with Crippen molar-refractivity contribution in [2.45, 2.75) is 13.8 Å². The predicted octanol–water partition coefficient (Wildman–Crippen LogP) is 3.34. The Morgan fingerprint density at radius 3 is 2.33 bits per heavy atom. The van der Waals surface area contributed by atoms with Crippen molar-refractivity contribution in [3.05, 3.63) is 35.1 Å². The second kappa shape index (κ2) is 4.45. The van der Waals surface area contributed by atoms with Gasteiger partial charge in [-0.1, -0.05) is 31.0 Å². The maximum atomic E-state index is 3.80. The molecule has 0 nitrogen and oxygen atoms in total. The molecule has 0 radical (unpaired) electrons. The topological polar surface area (TPSA) is 0 Å². The molecule has 0 fully saturated rings. The molecule has 0 saturated carbocycles. The lowest BCUT2D eigenvalue weighted by Gasteiger charge is -1.96. The first-order chi connectivity index (χ1) is 4.18. The summed E-state index contributed by atoms with van der Waals surface area (Å²) in [5, 5.41) is 2.00. The molecule has 1 heteroatoms. The lowest BCUT2D eigenvalue weighted by Crippen LogP contribution is -1.69. The summed E-state index contributed by atoms with van der Waals surface area (Å²) in [7, 11) is 0. The van der Waals surface area contributed by atoms with E-state index in [0.717, 1.165) is 10.5 Å².